The first-order valence-electron chi connectivity index (χ1n) is 12.6. The summed E-state index contributed by atoms with van der Waals surface area (Å²) < 4.78 is 55.5. The largest absolute Gasteiger partial charge is 0.324 e. The molecular weight excluding hydrogens is 486 g/mol. The molecule has 2 N–H and O–H groups in total. The average Bonchev–Trinajstić information content (AvgIpc) is 3.69. The molecule has 1 aliphatic carbocycles. The second kappa shape index (κ2) is 11.3. The number of halogens is 2. The van der Waals surface area contributed by atoms with Gasteiger partial charge in [0.2, 0.25) is 15.9 Å². The Morgan fingerprint density at radius 2 is 1.92 bits per heavy atom. The zero-order valence-corrected chi connectivity index (χ0v) is 21.5. The van der Waals surface area contributed by atoms with E-state index in [0.29, 0.717) is 50.1 Å². The number of piperazine rings is 1. The SMILES string of the molecule is CC(C)C(CC(=O)Nc1cncc(F)c1CCC1CNCCN1S(=O)(=O)C1CC1)c1ccc(F)cc1. The Morgan fingerprint density at radius 3 is 2.58 bits per heavy atom. The Morgan fingerprint density at radius 1 is 1.19 bits per heavy atom. The lowest BCUT2D eigenvalue weighted by Crippen LogP contribution is -2.54. The van der Waals surface area contributed by atoms with Crippen LogP contribution in [-0.2, 0) is 21.2 Å². The van der Waals surface area contributed by atoms with Crippen LogP contribution in [0.25, 0.3) is 0 Å². The summed E-state index contributed by atoms with van der Waals surface area (Å²) in [5.74, 6) is -1.16. The maximum Gasteiger partial charge on any atom is 0.225 e. The molecule has 0 spiro atoms. The zero-order valence-electron chi connectivity index (χ0n) is 20.7. The van der Waals surface area contributed by atoms with Gasteiger partial charge in [-0.1, -0.05) is 26.0 Å². The summed E-state index contributed by atoms with van der Waals surface area (Å²) >= 11 is 0. The van der Waals surface area contributed by atoms with Crippen molar-refractivity contribution in [3.63, 3.8) is 0 Å². The van der Waals surface area contributed by atoms with Crippen molar-refractivity contribution < 1.29 is 22.0 Å². The molecule has 4 rings (SSSR count). The number of sulfonamides is 1. The summed E-state index contributed by atoms with van der Waals surface area (Å²) in [5, 5.41) is 5.76. The van der Waals surface area contributed by atoms with Gasteiger partial charge in [0, 0.05) is 37.7 Å². The number of rotatable bonds is 10. The van der Waals surface area contributed by atoms with Crippen molar-refractivity contribution in [2.24, 2.45) is 5.92 Å². The molecule has 2 fully saturated rings. The molecular formula is C26H34F2N4O3S. The van der Waals surface area contributed by atoms with Crippen LogP contribution in [0.4, 0.5) is 14.5 Å². The van der Waals surface area contributed by atoms with Crippen molar-refractivity contribution in [2.45, 2.75) is 63.2 Å². The highest BCUT2D eigenvalue weighted by molar-refractivity contribution is 7.90. The second-order valence-electron chi connectivity index (χ2n) is 10.1. The molecule has 1 aromatic heterocycles. The highest BCUT2D eigenvalue weighted by Gasteiger charge is 2.43. The topological polar surface area (TPSA) is 91.4 Å². The quantitative estimate of drug-likeness (QED) is 0.497. The van der Waals surface area contributed by atoms with E-state index < -0.39 is 15.8 Å². The number of nitrogens with one attached hydrogen (secondary N) is 2. The van der Waals surface area contributed by atoms with E-state index in [1.807, 2.05) is 13.8 Å². The van der Waals surface area contributed by atoms with Crippen LogP contribution in [0.5, 0.6) is 0 Å². The maximum absolute atomic E-state index is 14.8. The minimum absolute atomic E-state index is 0.129. The van der Waals surface area contributed by atoms with Gasteiger partial charge >= 0.3 is 0 Å². The molecule has 2 atom stereocenters. The summed E-state index contributed by atoms with van der Waals surface area (Å²) in [6.45, 7) is 5.50. The third-order valence-electron chi connectivity index (χ3n) is 7.08. The Labute approximate surface area is 211 Å². The zero-order chi connectivity index (χ0) is 25.9. The van der Waals surface area contributed by atoms with Crippen molar-refractivity contribution in [3.05, 3.63) is 59.4 Å². The summed E-state index contributed by atoms with van der Waals surface area (Å²) in [5.41, 5.74) is 1.47. The van der Waals surface area contributed by atoms with Crippen LogP contribution in [0.3, 0.4) is 0 Å². The maximum atomic E-state index is 14.8. The molecule has 1 amide bonds. The Balaban J connectivity index is 1.45. The van der Waals surface area contributed by atoms with E-state index in [9.17, 15) is 22.0 Å². The van der Waals surface area contributed by atoms with Crippen LogP contribution in [0.2, 0.25) is 0 Å². The molecule has 2 heterocycles. The minimum atomic E-state index is -3.34. The number of hydrogen-bond donors (Lipinski definition) is 2. The lowest BCUT2D eigenvalue weighted by Gasteiger charge is -2.35. The Bertz CT molecular complexity index is 1170. The van der Waals surface area contributed by atoms with Gasteiger partial charge in [-0.3, -0.25) is 9.78 Å². The van der Waals surface area contributed by atoms with Crippen LogP contribution in [0.15, 0.2) is 36.7 Å². The molecule has 0 radical (unpaired) electrons. The summed E-state index contributed by atoms with van der Waals surface area (Å²) in [4.78, 5) is 16.9. The summed E-state index contributed by atoms with van der Waals surface area (Å²) in [6.07, 6.45) is 4.77. The molecule has 7 nitrogen and oxygen atoms in total. The highest BCUT2D eigenvalue weighted by Crippen LogP contribution is 2.33. The van der Waals surface area contributed by atoms with Gasteiger partial charge in [0.1, 0.15) is 11.6 Å². The van der Waals surface area contributed by atoms with Crippen LogP contribution in [0.1, 0.15) is 56.6 Å². The second-order valence-corrected chi connectivity index (χ2v) is 12.2. The third kappa shape index (κ3) is 6.27. The number of benzene rings is 1. The Hall–Kier alpha value is -2.43. The van der Waals surface area contributed by atoms with Crippen LogP contribution >= 0.6 is 0 Å². The van der Waals surface area contributed by atoms with Crippen LogP contribution in [-0.4, -0.2) is 54.5 Å². The molecule has 2 aromatic rings. The molecule has 1 saturated heterocycles. The monoisotopic (exact) mass is 520 g/mol. The average molecular weight is 521 g/mol. The number of aromatic nitrogens is 1. The van der Waals surface area contributed by atoms with Crippen molar-refractivity contribution in [2.75, 3.05) is 25.0 Å². The highest BCUT2D eigenvalue weighted by atomic mass is 32.2. The lowest BCUT2D eigenvalue weighted by molar-refractivity contribution is -0.116. The van der Waals surface area contributed by atoms with Gasteiger partial charge in [-0.2, -0.15) is 4.31 Å². The molecule has 1 saturated carbocycles. The number of carbonyl (C=O) groups is 1. The lowest BCUT2D eigenvalue weighted by atomic mass is 9.85. The predicted molar refractivity (Wildman–Crippen MR) is 135 cm³/mol. The first-order valence-corrected chi connectivity index (χ1v) is 14.1. The molecule has 1 aromatic carbocycles. The van der Waals surface area contributed by atoms with E-state index in [2.05, 4.69) is 15.6 Å². The first kappa shape index (κ1) is 26.6. The molecule has 196 valence electrons. The smallest absolute Gasteiger partial charge is 0.225 e. The van der Waals surface area contributed by atoms with Gasteiger partial charge in [0.05, 0.1) is 23.3 Å². The summed E-state index contributed by atoms with van der Waals surface area (Å²) in [6, 6.07) is 5.85. The van der Waals surface area contributed by atoms with E-state index in [0.717, 1.165) is 11.8 Å². The number of hydrogen-bond acceptors (Lipinski definition) is 5. The van der Waals surface area contributed by atoms with Gasteiger partial charge in [0.15, 0.2) is 0 Å². The van der Waals surface area contributed by atoms with Crippen molar-refractivity contribution in [3.8, 4) is 0 Å². The predicted octanol–water partition coefficient (Wildman–Crippen LogP) is 3.83. The number of amides is 1. The van der Waals surface area contributed by atoms with E-state index in [1.165, 1.54) is 18.3 Å². The van der Waals surface area contributed by atoms with E-state index in [1.54, 1.807) is 16.4 Å². The van der Waals surface area contributed by atoms with Gasteiger partial charge < -0.3 is 10.6 Å². The minimum Gasteiger partial charge on any atom is -0.324 e. The van der Waals surface area contributed by atoms with Gasteiger partial charge in [-0.15, -0.1) is 0 Å². The van der Waals surface area contributed by atoms with Gasteiger partial charge in [-0.05, 0) is 55.2 Å². The fraction of sp³-hybridized carbons (Fsp3) is 0.538. The van der Waals surface area contributed by atoms with Gasteiger partial charge in [-0.25, -0.2) is 17.2 Å². The van der Waals surface area contributed by atoms with E-state index >= 15 is 0 Å². The molecule has 1 aliphatic heterocycles. The van der Waals surface area contributed by atoms with Crippen molar-refractivity contribution in [1.82, 2.24) is 14.6 Å². The number of anilines is 1. The number of nitrogens with zero attached hydrogens (tertiary/aromatic N) is 2. The molecule has 10 heteroatoms. The van der Waals surface area contributed by atoms with E-state index in [4.69, 9.17) is 0 Å². The van der Waals surface area contributed by atoms with Crippen LogP contribution < -0.4 is 10.6 Å². The molecule has 36 heavy (non-hydrogen) atoms. The first-order chi connectivity index (χ1) is 17.2. The van der Waals surface area contributed by atoms with Gasteiger partial charge in [0.25, 0.3) is 0 Å². The van der Waals surface area contributed by atoms with Crippen molar-refractivity contribution >= 4 is 21.6 Å². The molecule has 2 unspecified atom stereocenters. The number of pyridine rings is 1. The van der Waals surface area contributed by atoms with Crippen molar-refractivity contribution in [1.29, 1.82) is 0 Å². The van der Waals surface area contributed by atoms with Crippen LogP contribution in [0, 0.1) is 17.6 Å². The Kier molecular flexibility index (Phi) is 8.37. The number of carbonyl (C=O) groups excluding carboxylic acids is 1. The normalized spacial score (nSPS) is 19.9. The molecule has 0 bridgehead atoms. The third-order valence-corrected chi connectivity index (χ3v) is 9.53. The fourth-order valence-electron chi connectivity index (χ4n) is 4.86. The fourth-order valence-corrected chi connectivity index (χ4v) is 6.92. The summed E-state index contributed by atoms with van der Waals surface area (Å²) in [7, 11) is -3.34. The molecule has 2 aliphatic rings. The van der Waals surface area contributed by atoms with E-state index in [-0.39, 0.29) is 47.7 Å². The standard InChI is InChI=1S/C26H34F2N4O3S/c1-17(2)23(18-3-5-19(27)6-4-18)13-26(33)31-25-16-30-15-24(28)22(25)10-7-20-14-29-11-12-32(20)36(34,35)21-8-9-21/h3-6,15-17,20-21,23,29H,7-14H2,1-2H3,(H,31,33).